The Bertz CT molecular complexity index is 1690. The number of nitrogens with zero attached hydrogens (tertiary/aromatic N) is 2. The van der Waals surface area contributed by atoms with Gasteiger partial charge in [-0.05, 0) is 59.9 Å². The zero-order valence-corrected chi connectivity index (χ0v) is 28.4. The molecule has 258 valence electrons. The summed E-state index contributed by atoms with van der Waals surface area (Å²) in [4.78, 5) is 41.1. The van der Waals surface area contributed by atoms with E-state index >= 15 is 0 Å². The summed E-state index contributed by atoms with van der Waals surface area (Å²) in [6, 6.07) is 5.00. The van der Waals surface area contributed by atoms with Gasteiger partial charge >= 0.3 is 11.9 Å². The van der Waals surface area contributed by atoms with Gasteiger partial charge in [-0.2, -0.15) is 13.2 Å². The Labute approximate surface area is 281 Å². The number of carbonyl (C=O) groups excluding carboxylic acids is 2. The zero-order valence-electron chi connectivity index (χ0n) is 27.7. The molecule has 0 unspecified atom stereocenters. The summed E-state index contributed by atoms with van der Waals surface area (Å²) in [6.45, 7) is 9.25. The van der Waals surface area contributed by atoms with Gasteiger partial charge in [0.05, 0.1) is 22.6 Å². The molecule has 2 aromatic rings. The monoisotopic (exact) mass is 690 g/mol. The van der Waals surface area contributed by atoms with Crippen molar-refractivity contribution < 1.29 is 41.9 Å². The number of nitro benzene ring substituents is 1. The minimum atomic E-state index is -4.81. The number of halogens is 4. The number of hydrogen-bond acceptors (Lipinski definition) is 8. The molecule has 0 N–H and O–H groups in total. The largest absolute Gasteiger partial charge is 0.493 e. The molecule has 0 spiro atoms. The van der Waals surface area contributed by atoms with Gasteiger partial charge in [-0.1, -0.05) is 39.3 Å². The average Bonchev–Trinajstić information content (AvgIpc) is 2.96. The van der Waals surface area contributed by atoms with Crippen molar-refractivity contribution in [1.29, 1.82) is 0 Å². The van der Waals surface area contributed by atoms with Crippen LogP contribution in [-0.2, 0) is 20.5 Å². The summed E-state index contributed by atoms with van der Waals surface area (Å²) in [7, 11) is 2.95. The average molecular weight is 691 g/mol. The van der Waals surface area contributed by atoms with Crippen LogP contribution in [0.5, 0.6) is 17.2 Å². The maximum Gasteiger partial charge on any atom is 0.416 e. The van der Waals surface area contributed by atoms with E-state index in [2.05, 4.69) is 4.90 Å². The first-order valence-corrected chi connectivity index (χ1v) is 15.9. The van der Waals surface area contributed by atoms with Gasteiger partial charge < -0.3 is 19.1 Å². The van der Waals surface area contributed by atoms with E-state index in [9.17, 15) is 32.9 Å². The lowest BCUT2D eigenvalue weighted by molar-refractivity contribution is -0.385. The molecule has 13 heteroatoms. The normalized spacial score (nSPS) is 19.3. The second kappa shape index (κ2) is 12.9. The van der Waals surface area contributed by atoms with E-state index in [0.717, 1.165) is 17.5 Å². The van der Waals surface area contributed by atoms with Crippen LogP contribution in [0.2, 0.25) is 5.02 Å². The highest BCUT2D eigenvalue weighted by Gasteiger charge is 2.49. The van der Waals surface area contributed by atoms with Crippen molar-refractivity contribution in [2.24, 2.45) is 10.8 Å². The fourth-order valence-electron chi connectivity index (χ4n) is 7.06. The molecule has 0 atom stereocenters. The number of benzene rings is 2. The van der Waals surface area contributed by atoms with Gasteiger partial charge in [-0.15, -0.1) is 0 Å². The van der Waals surface area contributed by atoms with E-state index in [0.29, 0.717) is 61.3 Å². The summed E-state index contributed by atoms with van der Waals surface area (Å²) in [5, 5.41) is 11.7. The number of ketones is 2. The van der Waals surface area contributed by atoms with Crippen LogP contribution in [0.4, 0.5) is 18.9 Å². The Balaban J connectivity index is 1.68. The molecule has 2 aromatic carbocycles. The number of Topliss-reactive ketones (excluding diaryl/α,β-unsaturated/α-hetero) is 2. The zero-order chi connectivity index (χ0) is 35.3. The van der Waals surface area contributed by atoms with Crippen molar-refractivity contribution in [1.82, 2.24) is 4.90 Å². The van der Waals surface area contributed by atoms with Crippen molar-refractivity contribution in [2.45, 2.75) is 71.9 Å². The molecule has 1 aliphatic heterocycles. The Morgan fingerprint density at radius 3 is 2.02 bits per heavy atom. The molecule has 0 fully saturated rings. The van der Waals surface area contributed by atoms with E-state index in [4.69, 9.17) is 25.8 Å². The Hall–Kier alpha value is -3.90. The summed E-state index contributed by atoms with van der Waals surface area (Å²) >= 11 is 6.76. The standard InChI is InChI=1S/C35H38ClF3N2O7/c1-33(2)15-23-30(25(42)17-33)29(31-24(40(23)10-7-11-46-5)16-34(3,4)18-26(31)43)19-12-21(36)32(28(13-19)47-6)48-27-9-8-20(35(37,38)39)14-22(27)41(44)45/h8-9,12-14,29H,7,10-11,15-18H2,1-6H3. The van der Waals surface area contributed by atoms with Crippen LogP contribution in [0.3, 0.4) is 0 Å². The Morgan fingerprint density at radius 1 is 0.938 bits per heavy atom. The summed E-state index contributed by atoms with van der Waals surface area (Å²) in [5.74, 6) is -1.55. The molecule has 0 aromatic heterocycles. The van der Waals surface area contributed by atoms with Crippen LogP contribution in [-0.4, -0.2) is 48.8 Å². The molecule has 3 aliphatic rings. The highest BCUT2D eigenvalue weighted by Crippen LogP contribution is 2.56. The highest BCUT2D eigenvalue weighted by molar-refractivity contribution is 6.32. The minimum Gasteiger partial charge on any atom is -0.493 e. The predicted octanol–water partition coefficient (Wildman–Crippen LogP) is 8.79. The van der Waals surface area contributed by atoms with Crippen molar-refractivity contribution in [2.75, 3.05) is 27.4 Å². The SMILES string of the molecule is COCCCN1C2=C(C(=O)CC(C)(C)C2)C(c2cc(Cl)c(Oc3ccc(C(F)(F)F)cc3[N+](=O)[O-])c(OC)c2)C2=C1CC(C)(C)CC2=O. The van der Waals surface area contributed by atoms with Gasteiger partial charge in [0.1, 0.15) is 0 Å². The third kappa shape index (κ3) is 6.82. The van der Waals surface area contributed by atoms with Crippen LogP contribution in [0.1, 0.15) is 76.8 Å². The number of carbonyl (C=O) groups is 2. The molecule has 0 bridgehead atoms. The van der Waals surface area contributed by atoms with Gasteiger partial charge in [-0.25, -0.2) is 0 Å². The number of rotatable bonds is 9. The second-order valence-electron chi connectivity index (χ2n) is 14.1. The van der Waals surface area contributed by atoms with Crippen LogP contribution in [0.25, 0.3) is 0 Å². The van der Waals surface area contributed by atoms with Gasteiger partial charge in [0.15, 0.2) is 23.1 Å². The lowest BCUT2D eigenvalue weighted by atomic mass is 9.63. The van der Waals surface area contributed by atoms with Crippen molar-refractivity contribution in [3.05, 3.63) is 79.1 Å². The molecule has 0 amide bonds. The van der Waals surface area contributed by atoms with E-state index in [1.807, 2.05) is 27.7 Å². The van der Waals surface area contributed by atoms with Gasteiger partial charge in [0.25, 0.3) is 0 Å². The molecule has 48 heavy (non-hydrogen) atoms. The smallest absolute Gasteiger partial charge is 0.416 e. The fourth-order valence-corrected chi connectivity index (χ4v) is 7.31. The summed E-state index contributed by atoms with van der Waals surface area (Å²) < 4.78 is 56.6. The van der Waals surface area contributed by atoms with Gasteiger partial charge in [-0.3, -0.25) is 19.7 Å². The summed E-state index contributed by atoms with van der Waals surface area (Å²) in [5.41, 5.74) is 0.470. The Kier molecular flexibility index (Phi) is 9.48. The quantitative estimate of drug-likeness (QED) is 0.146. The van der Waals surface area contributed by atoms with Gasteiger partial charge in [0.2, 0.25) is 5.75 Å². The van der Waals surface area contributed by atoms with Crippen LogP contribution in [0, 0.1) is 20.9 Å². The minimum absolute atomic E-state index is 0.0192. The third-order valence-corrected chi connectivity index (χ3v) is 9.31. The molecule has 0 saturated heterocycles. The van der Waals surface area contributed by atoms with Crippen molar-refractivity contribution >= 4 is 28.9 Å². The maximum absolute atomic E-state index is 14.1. The van der Waals surface area contributed by atoms with Gasteiger partial charge in [0, 0.05) is 67.6 Å². The Morgan fingerprint density at radius 2 is 1.52 bits per heavy atom. The molecule has 2 aliphatic carbocycles. The fraction of sp³-hybridized carbons (Fsp3) is 0.486. The molecule has 9 nitrogen and oxygen atoms in total. The van der Waals surface area contributed by atoms with E-state index in [1.165, 1.54) is 13.2 Å². The van der Waals surface area contributed by atoms with Crippen molar-refractivity contribution in [3.8, 4) is 17.2 Å². The number of methoxy groups -OCH3 is 2. The third-order valence-electron chi connectivity index (χ3n) is 9.03. The molecule has 0 saturated carbocycles. The molecular weight excluding hydrogens is 653 g/mol. The molecule has 5 rings (SSSR count). The van der Waals surface area contributed by atoms with E-state index in [-0.39, 0.29) is 51.8 Å². The topological polar surface area (TPSA) is 108 Å². The number of hydrogen-bond donors (Lipinski definition) is 0. The van der Waals surface area contributed by atoms with Crippen LogP contribution in [0.15, 0.2) is 52.9 Å². The highest BCUT2D eigenvalue weighted by atomic mass is 35.5. The number of allylic oxidation sites excluding steroid dienone is 4. The van der Waals surface area contributed by atoms with E-state index in [1.54, 1.807) is 13.2 Å². The second-order valence-corrected chi connectivity index (χ2v) is 14.5. The lowest BCUT2D eigenvalue weighted by Gasteiger charge is -2.49. The maximum atomic E-state index is 14.1. The molecule has 0 radical (unpaired) electrons. The number of alkyl halides is 3. The molecular formula is C35H38ClF3N2O7. The predicted molar refractivity (Wildman–Crippen MR) is 172 cm³/mol. The van der Waals surface area contributed by atoms with E-state index < -0.39 is 34.0 Å². The molecule has 1 heterocycles. The van der Waals surface area contributed by atoms with Crippen LogP contribution >= 0.6 is 11.6 Å². The first kappa shape index (κ1) is 35.4. The number of nitro groups is 1. The lowest BCUT2D eigenvalue weighted by Crippen LogP contribution is -2.44. The van der Waals surface area contributed by atoms with Crippen molar-refractivity contribution in [3.63, 3.8) is 0 Å². The summed E-state index contributed by atoms with van der Waals surface area (Å²) in [6.07, 6.45) is -2.36. The first-order valence-electron chi connectivity index (χ1n) is 15.6. The van der Waals surface area contributed by atoms with Crippen LogP contribution < -0.4 is 9.47 Å². The number of ether oxygens (including phenoxy) is 3. The first-order chi connectivity index (χ1) is 22.4.